The summed E-state index contributed by atoms with van der Waals surface area (Å²) in [4.78, 5) is 98.6. The Morgan fingerprint density at radius 1 is 0.603 bits per heavy atom. The average molecular weight is 941 g/mol. The maximum atomic E-state index is 13.7. The van der Waals surface area contributed by atoms with E-state index in [1.807, 2.05) is 13.8 Å². The van der Waals surface area contributed by atoms with Gasteiger partial charge in [-0.1, -0.05) is 37.5 Å². The molecule has 0 aromatic carbocycles. The summed E-state index contributed by atoms with van der Waals surface area (Å²) >= 11 is 0. The fourth-order valence-corrected chi connectivity index (χ4v) is 8.62. The van der Waals surface area contributed by atoms with Crippen LogP contribution in [0.1, 0.15) is 66.2 Å². The topological polar surface area (TPSA) is 189 Å². The van der Waals surface area contributed by atoms with Crippen LogP contribution in [0.5, 0.6) is 0 Å². The summed E-state index contributed by atoms with van der Waals surface area (Å²) in [7, 11) is 7.31. The van der Waals surface area contributed by atoms with Gasteiger partial charge in [0.15, 0.2) is 33.5 Å². The van der Waals surface area contributed by atoms with Gasteiger partial charge < -0.3 is 28.4 Å². The summed E-state index contributed by atoms with van der Waals surface area (Å²) in [6.07, 6.45) is 7.55. The Morgan fingerprint density at radius 2 is 0.971 bits per heavy atom. The molecule has 4 aromatic rings. The lowest BCUT2D eigenvalue weighted by atomic mass is 10.00. The van der Waals surface area contributed by atoms with E-state index >= 15 is 0 Å². The predicted octanol–water partition coefficient (Wildman–Crippen LogP) is 0.849. The Balaban J connectivity index is 1.17. The molecule has 6 heterocycles. The van der Waals surface area contributed by atoms with Crippen LogP contribution in [0.15, 0.2) is 44.0 Å². The predicted molar refractivity (Wildman–Crippen MR) is 259 cm³/mol. The molecule has 0 saturated carbocycles. The van der Waals surface area contributed by atoms with E-state index in [0.717, 1.165) is 77.4 Å². The SMILES string of the molecule is CCCn1cnc2c1c(=O)n(CCCC(C)(C#CCN1CCN(C)CC1)OC(=O)/C=C/C(=O)OC(C)(C#CCN1CCN(C)CC1)CCCn1c(=O)c3c(ncn3CCC)n(C)c1=O)c(=O)n2C. The zero-order valence-corrected chi connectivity index (χ0v) is 41.1. The van der Waals surface area contributed by atoms with Crippen molar-refractivity contribution in [3.63, 3.8) is 0 Å². The van der Waals surface area contributed by atoms with Crippen LogP contribution < -0.4 is 22.5 Å². The van der Waals surface area contributed by atoms with Crippen LogP contribution in [0.4, 0.5) is 0 Å². The van der Waals surface area contributed by atoms with Gasteiger partial charge in [0.05, 0.1) is 25.7 Å². The molecule has 368 valence electrons. The second kappa shape index (κ2) is 22.8. The highest BCUT2D eigenvalue weighted by atomic mass is 16.6. The summed E-state index contributed by atoms with van der Waals surface area (Å²) in [6.45, 7) is 16.5. The Bertz CT molecular complexity index is 2650. The van der Waals surface area contributed by atoms with Crippen molar-refractivity contribution in [3.8, 4) is 23.7 Å². The first-order valence-corrected chi connectivity index (χ1v) is 23.7. The minimum absolute atomic E-state index is 0.0457. The van der Waals surface area contributed by atoms with E-state index in [9.17, 15) is 28.8 Å². The highest BCUT2D eigenvalue weighted by Gasteiger charge is 2.29. The molecule has 68 heavy (non-hydrogen) atoms. The Morgan fingerprint density at radius 3 is 1.32 bits per heavy atom. The summed E-state index contributed by atoms with van der Waals surface area (Å²) < 4.78 is 20.5. The summed E-state index contributed by atoms with van der Waals surface area (Å²) in [5.41, 5.74) is -3.27. The van der Waals surface area contributed by atoms with Crippen molar-refractivity contribution in [2.24, 2.45) is 14.1 Å². The van der Waals surface area contributed by atoms with Gasteiger partial charge in [0, 0.05) is 118 Å². The van der Waals surface area contributed by atoms with Crippen molar-refractivity contribution in [2.75, 3.05) is 79.5 Å². The lowest BCUT2D eigenvalue weighted by Gasteiger charge is -2.31. The van der Waals surface area contributed by atoms with Crippen molar-refractivity contribution < 1.29 is 19.1 Å². The molecule has 4 aromatic heterocycles. The summed E-state index contributed by atoms with van der Waals surface area (Å²) in [5, 5.41) is 0. The highest BCUT2D eigenvalue weighted by Crippen LogP contribution is 2.21. The second-order valence-electron chi connectivity index (χ2n) is 18.4. The van der Waals surface area contributed by atoms with Gasteiger partial charge in [-0.05, 0) is 53.6 Å². The van der Waals surface area contributed by atoms with Crippen LogP contribution in [0, 0.1) is 23.7 Å². The van der Waals surface area contributed by atoms with Gasteiger partial charge >= 0.3 is 23.3 Å². The molecule has 0 amide bonds. The Hall–Kier alpha value is -6.06. The summed E-state index contributed by atoms with van der Waals surface area (Å²) in [5.74, 6) is 11.0. The van der Waals surface area contributed by atoms with E-state index in [-0.39, 0.29) is 38.8 Å². The molecule has 2 fully saturated rings. The van der Waals surface area contributed by atoms with Crippen LogP contribution in [0.3, 0.4) is 0 Å². The minimum atomic E-state index is -1.35. The Labute approximate surface area is 396 Å². The number of carbonyl (C=O) groups excluding carboxylic acids is 2. The molecular formula is C48H68N12O8. The zero-order chi connectivity index (χ0) is 49.2. The highest BCUT2D eigenvalue weighted by molar-refractivity contribution is 5.92. The molecule has 2 unspecified atom stereocenters. The maximum absolute atomic E-state index is 13.7. The molecule has 20 nitrogen and oxygen atoms in total. The maximum Gasteiger partial charge on any atom is 0.332 e. The number of esters is 2. The smallest absolute Gasteiger partial charge is 0.332 e. The van der Waals surface area contributed by atoms with Gasteiger partial charge in [0.2, 0.25) is 0 Å². The molecule has 0 N–H and O–H groups in total. The first-order valence-electron chi connectivity index (χ1n) is 23.7. The van der Waals surface area contributed by atoms with Crippen molar-refractivity contribution in [3.05, 3.63) is 66.5 Å². The lowest BCUT2D eigenvalue weighted by Crippen LogP contribution is -2.44. The molecule has 2 aliphatic rings. The molecule has 0 aliphatic carbocycles. The number of fused-ring (bicyclic) bond motifs is 2. The first-order chi connectivity index (χ1) is 32.5. The summed E-state index contributed by atoms with van der Waals surface area (Å²) in [6, 6.07) is 0. The van der Waals surface area contributed by atoms with Crippen molar-refractivity contribution >= 4 is 34.3 Å². The molecule has 20 heteroatoms. The van der Waals surface area contributed by atoms with Gasteiger partial charge in [0.25, 0.3) is 11.1 Å². The fourth-order valence-electron chi connectivity index (χ4n) is 8.62. The van der Waals surface area contributed by atoms with Crippen molar-refractivity contribution in [1.82, 2.24) is 57.0 Å². The van der Waals surface area contributed by atoms with E-state index in [1.165, 1.54) is 18.3 Å². The third-order valence-electron chi connectivity index (χ3n) is 12.7. The van der Waals surface area contributed by atoms with E-state index in [2.05, 4.69) is 67.3 Å². The molecule has 2 aliphatic heterocycles. The monoisotopic (exact) mass is 941 g/mol. The molecule has 0 spiro atoms. The van der Waals surface area contributed by atoms with Crippen LogP contribution in [-0.2, 0) is 59.3 Å². The van der Waals surface area contributed by atoms with Crippen molar-refractivity contribution in [2.45, 2.75) is 104 Å². The quantitative estimate of drug-likeness (QED) is 0.0776. The number of ether oxygens (including phenoxy) is 2. The third-order valence-corrected chi connectivity index (χ3v) is 12.7. The number of nitrogens with zero attached hydrogens (tertiary/aromatic N) is 12. The van der Waals surface area contributed by atoms with Gasteiger partial charge in [-0.25, -0.2) is 29.1 Å². The van der Waals surface area contributed by atoms with Crippen molar-refractivity contribution in [1.29, 1.82) is 0 Å². The number of piperazine rings is 2. The number of imidazole rings is 2. The molecule has 0 radical (unpaired) electrons. The van der Waals surface area contributed by atoms with Crippen LogP contribution in [-0.4, -0.2) is 160 Å². The molecule has 2 atom stereocenters. The molecule has 2 saturated heterocycles. The van der Waals surface area contributed by atoms with E-state index in [0.29, 0.717) is 48.5 Å². The van der Waals surface area contributed by atoms with Gasteiger partial charge in [0.1, 0.15) is 0 Å². The molecule has 6 rings (SSSR count). The zero-order valence-electron chi connectivity index (χ0n) is 41.1. The lowest BCUT2D eigenvalue weighted by molar-refractivity contribution is -0.150. The largest absolute Gasteiger partial charge is 0.443 e. The van der Waals surface area contributed by atoms with Crippen LogP contribution in [0.2, 0.25) is 0 Å². The second-order valence-corrected chi connectivity index (χ2v) is 18.4. The van der Waals surface area contributed by atoms with Crippen LogP contribution >= 0.6 is 0 Å². The fraction of sp³-hybridized carbons (Fsp3) is 0.625. The van der Waals surface area contributed by atoms with E-state index in [1.54, 1.807) is 49.7 Å². The number of carbonyl (C=O) groups is 2. The first kappa shape index (κ1) is 51.3. The number of aromatic nitrogens is 8. The minimum Gasteiger partial charge on any atom is -0.443 e. The number of likely N-dealkylation sites (N-methyl/N-ethyl adjacent to an activating group) is 2. The molecule has 0 bridgehead atoms. The van der Waals surface area contributed by atoms with Gasteiger partial charge in [-0.3, -0.25) is 37.7 Å². The van der Waals surface area contributed by atoms with E-state index in [4.69, 9.17) is 9.47 Å². The average Bonchev–Trinajstić information content (AvgIpc) is 3.93. The van der Waals surface area contributed by atoms with Gasteiger partial charge in [-0.2, -0.15) is 0 Å². The number of hydrogen-bond donors (Lipinski definition) is 0. The number of rotatable bonds is 18. The third kappa shape index (κ3) is 12.5. The van der Waals surface area contributed by atoms with E-state index < -0.39 is 45.6 Å². The standard InChI is InChI=1S/C48H68N12O8/c1-9-21-57-35-49-41-39(57)43(63)59(45(65)53(41)7)25-13-19-47(3,17-11-23-55-31-27-51(5)28-32-55)67-37(61)15-16-38(62)68-48(4,18-12-24-56-33-29-52(6)30-34-56)20-14-26-60-44(64)40-42(54(8)46(60)66)50-36-58(40)22-10-2/h15-16,35-36H,9-10,13-14,19-34H2,1-8H3/b16-15+. The van der Waals surface area contributed by atoms with Gasteiger partial charge in [-0.15, -0.1) is 0 Å². The number of hydrogen-bond acceptors (Lipinski definition) is 14. The van der Waals surface area contributed by atoms with Crippen LogP contribution in [0.25, 0.3) is 22.3 Å². The Kier molecular flexibility index (Phi) is 17.2. The number of aryl methyl sites for hydroxylation is 4. The molecular weight excluding hydrogens is 873 g/mol. The normalized spacial score (nSPS) is 17.1.